The molecule has 0 nitrogen and oxygen atoms in total. The summed E-state index contributed by atoms with van der Waals surface area (Å²) in [5.41, 5.74) is 0. The number of rotatable bonds is 6. The minimum Gasteiger partial charge on any atom is -0.0883 e. The second-order valence-corrected chi connectivity index (χ2v) is 2.91. The molecule has 64 valence electrons. The third kappa shape index (κ3) is 6.15. The van der Waals surface area contributed by atoms with E-state index >= 15 is 0 Å². The third-order valence-corrected chi connectivity index (χ3v) is 1.81. The van der Waals surface area contributed by atoms with Gasteiger partial charge in [-0.25, -0.2) is 0 Å². The van der Waals surface area contributed by atoms with Gasteiger partial charge in [-0.05, 0) is 32.1 Å². The van der Waals surface area contributed by atoms with Crippen molar-refractivity contribution in [3.8, 4) is 0 Å². The van der Waals surface area contributed by atoms with Gasteiger partial charge in [-0.15, -0.1) is 0 Å². The van der Waals surface area contributed by atoms with E-state index in [4.69, 9.17) is 0 Å². The number of hydrogen-bond donors (Lipinski definition) is 0. The van der Waals surface area contributed by atoms with E-state index in [-0.39, 0.29) is 0 Å². The Balaban J connectivity index is 3.58. The quantitative estimate of drug-likeness (QED) is 0.508. The highest BCUT2D eigenvalue weighted by atomic mass is 14.1. The lowest BCUT2D eigenvalue weighted by Gasteiger charge is -2.08. The second-order valence-electron chi connectivity index (χ2n) is 2.91. The molecule has 0 amide bonds. The molecule has 0 aliphatic heterocycles. The Labute approximate surface area is 71.7 Å². The highest BCUT2D eigenvalue weighted by Crippen LogP contribution is 2.14. The normalized spacial score (nSPS) is 11.6. The molecule has 2 radical (unpaired) electrons. The summed E-state index contributed by atoms with van der Waals surface area (Å²) in [6.45, 7) is 9.87. The van der Waals surface area contributed by atoms with Crippen LogP contribution in [0.4, 0.5) is 0 Å². The van der Waals surface area contributed by atoms with E-state index in [9.17, 15) is 0 Å². The van der Waals surface area contributed by atoms with E-state index in [1.165, 1.54) is 19.3 Å². The van der Waals surface area contributed by atoms with Gasteiger partial charge >= 0.3 is 0 Å². The summed E-state index contributed by atoms with van der Waals surface area (Å²) in [5.74, 6) is 0.749. The maximum absolute atomic E-state index is 3.87. The van der Waals surface area contributed by atoms with Crippen molar-refractivity contribution >= 4 is 0 Å². The first kappa shape index (κ1) is 10.7. The van der Waals surface area contributed by atoms with Crippen LogP contribution in [0, 0.1) is 19.8 Å². The molecule has 0 rings (SSSR count). The van der Waals surface area contributed by atoms with E-state index in [1.807, 2.05) is 0 Å². The minimum absolute atomic E-state index is 0.749. The van der Waals surface area contributed by atoms with Crippen LogP contribution in [0.3, 0.4) is 0 Å². The van der Waals surface area contributed by atoms with Gasteiger partial charge in [-0.1, -0.05) is 38.8 Å². The van der Waals surface area contributed by atoms with Gasteiger partial charge in [0.1, 0.15) is 0 Å². The number of allylic oxidation sites excluding steroid dienone is 2. The van der Waals surface area contributed by atoms with Crippen molar-refractivity contribution < 1.29 is 0 Å². The minimum atomic E-state index is 0.749. The van der Waals surface area contributed by atoms with Crippen LogP contribution in [0.5, 0.6) is 0 Å². The topological polar surface area (TPSA) is 0 Å². The largest absolute Gasteiger partial charge is 0.0883 e. The summed E-state index contributed by atoms with van der Waals surface area (Å²) >= 11 is 0. The summed E-state index contributed by atoms with van der Waals surface area (Å²) in [7, 11) is 0. The van der Waals surface area contributed by atoms with Crippen molar-refractivity contribution in [2.24, 2.45) is 5.92 Å². The summed E-state index contributed by atoms with van der Waals surface area (Å²) in [6.07, 6.45) is 10.2. The summed E-state index contributed by atoms with van der Waals surface area (Å²) in [5, 5.41) is 0. The Kier molecular flexibility index (Phi) is 7.66. The lowest BCUT2D eigenvalue weighted by atomic mass is 9.98. The Morgan fingerprint density at radius 3 is 2.45 bits per heavy atom. The molecule has 0 aliphatic rings. The van der Waals surface area contributed by atoms with E-state index in [2.05, 4.69) is 32.9 Å². The second kappa shape index (κ2) is 7.84. The molecule has 0 bridgehead atoms. The monoisotopic (exact) mass is 152 g/mol. The Morgan fingerprint density at radius 1 is 1.27 bits per heavy atom. The van der Waals surface area contributed by atoms with Crippen LogP contribution in [-0.4, -0.2) is 0 Å². The van der Waals surface area contributed by atoms with E-state index in [1.54, 1.807) is 0 Å². The molecule has 0 fully saturated rings. The summed E-state index contributed by atoms with van der Waals surface area (Å²) < 4.78 is 0. The van der Waals surface area contributed by atoms with Crippen LogP contribution in [0.2, 0.25) is 0 Å². The van der Waals surface area contributed by atoms with Crippen molar-refractivity contribution in [3.05, 3.63) is 26.0 Å². The van der Waals surface area contributed by atoms with Crippen molar-refractivity contribution in [3.63, 3.8) is 0 Å². The van der Waals surface area contributed by atoms with Crippen molar-refractivity contribution in [1.29, 1.82) is 0 Å². The Hall–Kier alpha value is -0.260. The molecular weight excluding hydrogens is 132 g/mol. The molecule has 0 N–H and O–H groups in total. The van der Waals surface area contributed by atoms with Gasteiger partial charge in [0.25, 0.3) is 0 Å². The van der Waals surface area contributed by atoms with Gasteiger partial charge in [0.05, 0.1) is 0 Å². The maximum Gasteiger partial charge on any atom is -0.0234 e. The Morgan fingerprint density at radius 2 is 2.00 bits per heavy atom. The zero-order chi connectivity index (χ0) is 8.53. The summed E-state index contributed by atoms with van der Waals surface area (Å²) in [4.78, 5) is 0. The number of hydrogen-bond acceptors (Lipinski definition) is 0. The van der Waals surface area contributed by atoms with Crippen LogP contribution >= 0.6 is 0 Å². The van der Waals surface area contributed by atoms with Gasteiger partial charge in [-0.2, -0.15) is 0 Å². The molecule has 0 aromatic carbocycles. The molecule has 0 heteroatoms. The zero-order valence-electron chi connectivity index (χ0n) is 7.68. The molecule has 0 saturated carbocycles. The van der Waals surface area contributed by atoms with Crippen molar-refractivity contribution in [2.75, 3.05) is 0 Å². The molecule has 0 saturated heterocycles. The average Bonchev–Trinajstić information content (AvgIpc) is 2.01. The molecule has 0 aliphatic carbocycles. The predicted molar refractivity (Wildman–Crippen MR) is 52.1 cm³/mol. The standard InChI is InChI=1S/C11H20/c1-4-7-10-11(8-5-2)9-6-3/h7,10-11H,1-2,4-6,8-9H2,3H3. The smallest absolute Gasteiger partial charge is 0.0234 e. The highest BCUT2D eigenvalue weighted by molar-refractivity contribution is 4.88. The van der Waals surface area contributed by atoms with Crippen molar-refractivity contribution in [1.82, 2.24) is 0 Å². The van der Waals surface area contributed by atoms with Crippen LogP contribution in [0.15, 0.2) is 12.2 Å². The molecule has 0 heterocycles. The van der Waals surface area contributed by atoms with Gasteiger partial charge in [0, 0.05) is 0 Å². The average molecular weight is 152 g/mol. The molecule has 0 spiro atoms. The third-order valence-electron chi connectivity index (χ3n) is 1.81. The van der Waals surface area contributed by atoms with Crippen molar-refractivity contribution in [2.45, 2.75) is 39.0 Å². The molecule has 1 unspecified atom stereocenters. The molecule has 1 atom stereocenters. The SMILES string of the molecule is [CH2]CC=CC(CC[CH2])CCC. The van der Waals surface area contributed by atoms with Gasteiger partial charge in [0.2, 0.25) is 0 Å². The van der Waals surface area contributed by atoms with Crippen LogP contribution in [0.1, 0.15) is 39.0 Å². The van der Waals surface area contributed by atoms with Gasteiger partial charge in [-0.3, -0.25) is 0 Å². The van der Waals surface area contributed by atoms with Crippen LogP contribution in [-0.2, 0) is 0 Å². The first-order chi connectivity index (χ1) is 5.35. The van der Waals surface area contributed by atoms with E-state index < -0.39 is 0 Å². The Bertz CT molecular complexity index is 86.2. The first-order valence-corrected chi connectivity index (χ1v) is 4.60. The first-order valence-electron chi connectivity index (χ1n) is 4.60. The van der Waals surface area contributed by atoms with Crippen LogP contribution in [0.25, 0.3) is 0 Å². The fourth-order valence-corrected chi connectivity index (χ4v) is 1.26. The maximum atomic E-state index is 3.87. The molecule has 0 aromatic rings. The van der Waals surface area contributed by atoms with Crippen LogP contribution < -0.4 is 0 Å². The molecule has 11 heavy (non-hydrogen) atoms. The summed E-state index contributed by atoms with van der Waals surface area (Å²) in [6, 6.07) is 0. The fourth-order valence-electron chi connectivity index (χ4n) is 1.26. The molecular formula is C11H20. The lowest BCUT2D eigenvalue weighted by molar-refractivity contribution is 0.540. The van der Waals surface area contributed by atoms with Gasteiger partial charge in [0.15, 0.2) is 0 Å². The van der Waals surface area contributed by atoms with Gasteiger partial charge < -0.3 is 0 Å². The highest BCUT2D eigenvalue weighted by Gasteiger charge is 2.00. The van der Waals surface area contributed by atoms with E-state index in [0.717, 1.165) is 18.8 Å². The lowest BCUT2D eigenvalue weighted by Crippen LogP contribution is -1.94. The molecule has 0 aromatic heterocycles. The fraction of sp³-hybridized carbons (Fsp3) is 0.636. The predicted octanol–water partition coefficient (Wildman–Crippen LogP) is 3.80. The van der Waals surface area contributed by atoms with E-state index in [0.29, 0.717) is 0 Å². The zero-order valence-corrected chi connectivity index (χ0v) is 7.68.